The van der Waals surface area contributed by atoms with Crippen molar-refractivity contribution in [1.82, 2.24) is 0 Å². The second kappa shape index (κ2) is 28.0. The Kier molecular flexibility index (Phi) is 16.6. The van der Waals surface area contributed by atoms with Gasteiger partial charge >= 0.3 is 0 Å². The van der Waals surface area contributed by atoms with E-state index < -0.39 is 0 Å². The molecule has 2 aromatic heterocycles. The highest BCUT2D eigenvalue weighted by Gasteiger charge is 2.22. The number of nitrogens with zero attached hydrogens (tertiary/aromatic N) is 2. The lowest BCUT2D eigenvalue weighted by Crippen LogP contribution is -2.10. The van der Waals surface area contributed by atoms with Crippen molar-refractivity contribution < 1.29 is 8.83 Å². The molecule has 0 atom stereocenters. The van der Waals surface area contributed by atoms with Crippen LogP contribution in [0.15, 0.2) is 433 Å². The summed E-state index contributed by atoms with van der Waals surface area (Å²) in [4.78, 5) is 4.67. The fourth-order valence-corrected chi connectivity index (χ4v) is 16.2. The normalized spacial score (nSPS) is 11.5. The van der Waals surface area contributed by atoms with Gasteiger partial charge in [0.1, 0.15) is 22.3 Å². The van der Waals surface area contributed by atoms with Crippen molar-refractivity contribution in [3.05, 3.63) is 425 Å². The number of para-hydroxylation sites is 3. The number of hydrogen-bond donors (Lipinski definition) is 0. The molecule has 0 saturated heterocycles. The van der Waals surface area contributed by atoms with E-state index in [-0.39, 0.29) is 0 Å². The summed E-state index contributed by atoms with van der Waals surface area (Å²) in [6.45, 7) is 0. The van der Waals surface area contributed by atoms with E-state index in [2.05, 4.69) is 434 Å². The number of benzene rings is 19. The smallest absolute Gasteiger partial charge is 0.143 e. The molecule has 0 fully saturated rings. The summed E-state index contributed by atoms with van der Waals surface area (Å²) in [6.07, 6.45) is 0. The Hall–Kier alpha value is -14.6. The maximum absolute atomic E-state index is 6.96. The van der Waals surface area contributed by atoms with Gasteiger partial charge in [-0.2, -0.15) is 0 Å². The molecule has 0 N–H and O–H groups in total. The van der Waals surface area contributed by atoms with Gasteiger partial charge in [0, 0.05) is 77.6 Å². The monoisotopic (exact) mass is 1400 g/mol. The molecule has 0 bridgehead atoms. The summed E-state index contributed by atoms with van der Waals surface area (Å²) < 4.78 is 13.9. The number of furan rings is 2. The Morgan fingerprint density at radius 3 is 0.755 bits per heavy atom. The Bertz CT molecular complexity index is 6950. The number of rotatable bonds is 13. The Labute approximate surface area is 638 Å². The van der Waals surface area contributed by atoms with E-state index >= 15 is 0 Å². The molecule has 110 heavy (non-hydrogen) atoms. The zero-order valence-corrected chi connectivity index (χ0v) is 60.1. The van der Waals surface area contributed by atoms with Gasteiger partial charge < -0.3 is 18.6 Å². The van der Waals surface area contributed by atoms with Crippen LogP contribution < -0.4 is 9.80 Å². The highest BCUT2D eigenvalue weighted by atomic mass is 16.3. The van der Waals surface area contributed by atoms with Crippen molar-refractivity contribution in [2.75, 3.05) is 9.80 Å². The summed E-state index contributed by atoms with van der Waals surface area (Å²) >= 11 is 0. The van der Waals surface area contributed by atoms with E-state index in [0.717, 1.165) is 111 Å². The lowest BCUT2D eigenvalue weighted by atomic mass is 9.98. The van der Waals surface area contributed by atoms with E-state index in [0.29, 0.717) is 0 Å². The second-order valence-electron chi connectivity index (χ2n) is 28.2. The topological polar surface area (TPSA) is 32.8 Å². The first-order chi connectivity index (χ1) is 54.5. The number of anilines is 6. The van der Waals surface area contributed by atoms with Crippen LogP contribution in [0.5, 0.6) is 0 Å². The van der Waals surface area contributed by atoms with E-state index in [1.807, 2.05) is 0 Å². The minimum absolute atomic E-state index is 0.900. The third-order valence-electron chi connectivity index (χ3n) is 21.7. The fraction of sp³-hybridized carbons (Fsp3) is 0. The summed E-state index contributed by atoms with van der Waals surface area (Å²) in [6, 6.07) is 152. The first-order valence-electron chi connectivity index (χ1n) is 37.6. The Morgan fingerprint density at radius 2 is 0.391 bits per heavy atom. The summed E-state index contributed by atoms with van der Waals surface area (Å²) in [5, 5.41) is 14.0. The maximum atomic E-state index is 6.96. The lowest BCUT2D eigenvalue weighted by molar-refractivity contribution is 0.673. The van der Waals surface area contributed by atoms with Crippen LogP contribution in [0.4, 0.5) is 34.1 Å². The molecule has 0 spiro atoms. The maximum Gasteiger partial charge on any atom is 0.143 e. The molecule has 19 aromatic carbocycles. The van der Waals surface area contributed by atoms with Crippen molar-refractivity contribution in [1.29, 1.82) is 0 Å². The standard InChI is InChI=1S/C56H37NO.C50H33NO/c1-3-11-38(12-4-1)40-21-23-41(24-22-40)43-29-34-48(35-30-43)57(47-32-27-42(28-33-47)39-13-5-2-6-14-39)49-17-9-16-46(37-49)51-19-10-20-52-53-36-31-45-26-25-44-15-7-8-18-50(44)54(45)56(53)58-55(51)52;1-3-11-34(12-4-1)35-21-23-36(24-22-35)37-27-30-42(31-28-37)51(41-15-5-2-6-16-41)43-17-9-14-40(33-43)45-19-10-20-46-47-32-29-39-26-25-38-13-7-8-18-44(38)48(39)50(47)52-49(45)46/h1-37H;1-33H. The van der Waals surface area contributed by atoms with Gasteiger partial charge in [-0.05, 0) is 184 Å². The van der Waals surface area contributed by atoms with Crippen molar-refractivity contribution in [3.8, 4) is 77.9 Å². The highest BCUT2D eigenvalue weighted by molar-refractivity contribution is 6.25. The molecule has 516 valence electrons. The molecule has 2 heterocycles. The molecule has 0 amide bonds. The quantitative estimate of drug-likeness (QED) is 0.108. The van der Waals surface area contributed by atoms with Crippen LogP contribution >= 0.6 is 0 Å². The summed E-state index contributed by atoms with van der Waals surface area (Å²) in [5.74, 6) is 0. The molecule has 21 rings (SSSR count). The van der Waals surface area contributed by atoms with Crippen LogP contribution in [0.2, 0.25) is 0 Å². The van der Waals surface area contributed by atoms with E-state index in [1.165, 1.54) is 88.0 Å². The van der Waals surface area contributed by atoms with Gasteiger partial charge in [0.2, 0.25) is 0 Å². The van der Waals surface area contributed by atoms with Crippen LogP contribution in [-0.4, -0.2) is 0 Å². The Balaban J connectivity index is 0.000000145. The molecule has 0 aliphatic heterocycles. The molecule has 4 heteroatoms. The molecular formula is C106H70N2O2. The van der Waals surface area contributed by atoms with Crippen molar-refractivity contribution in [2.24, 2.45) is 0 Å². The van der Waals surface area contributed by atoms with Crippen molar-refractivity contribution in [2.45, 2.75) is 0 Å². The Morgan fingerprint density at radius 1 is 0.145 bits per heavy atom. The predicted octanol–water partition coefficient (Wildman–Crippen LogP) is 30.4. The zero-order valence-electron chi connectivity index (χ0n) is 60.1. The van der Waals surface area contributed by atoms with Crippen LogP contribution in [0.3, 0.4) is 0 Å². The van der Waals surface area contributed by atoms with E-state index in [1.54, 1.807) is 0 Å². The average Bonchev–Trinajstić information content (AvgIpc) is 1.58. The largest absolute Gasteiger partial charge is 0.455 e. The lowest BCUT2D eigenvalue weighted by Gasteiger charge is -2.26. The van der Waals surface area contributed by atoms with Crippen LogP contribution in [0.25, 0.3) is 165 Å². The fourth-order valence-electron chi connectivity index (χ4n) is 16.2. The van der Waals surface area contributed by atoms with Crippen molar-refractivity contribution >= 4 is 121 Å². The SMILES string of the molecule is c1ccc(-c2ccc(-c3ccc(N(c4ccc(-c5ccccc5)cc4)c4cccc(-c5cccc6c5oc5c6ccc6ccc7ccccc7c65)c4)cc3)cc2)cc1.c1ccc(-c2ccc(-c3ccc(N(c4ccccc4)c4cccc(-c5cccc6c5oc5c6ccc6ccc7ccccc7c65)c4)cc3)cc2)cc1. The molecule has 0 unspecified atom stereocenters. The van der Waals surface area contributed by atoms with E-state index in [9.17, 15) is 0 Å². The third kappa shape index (κ3) is 12.0. The molecule has 0 aliphatic carbocycles. The summed E-state index contributed by atoms with van der Waals surface area (Å²) in [7, 11) is 0. The van der Waals surface area contributed by atoms with Crippen LogP contribution in [-0.2, 0) is 0 Å². The van der Waals surface area contributed by atoms with Gasteiger partial charge in [0.15, 0.2) is 0 Å². The predicted molar refractivity (Wildman–Crippen MR) is 465 cm³/mol. The zero-order chi connectivity index (χ0) is 72.9. The average molecular weight is 1400 g/mol. The van der Waals surface area contributed by atoms with Crippen LogP contribution in [0, 0.1) is 0 Å². The van der Waals surface area contributed by atoms with E-state index in [4.69, 9.17) is 8.83 Å². The van der Waals surface area contributed by atoms with Gasteiger partial charge in [-0.3, -0.25) is 0 Å². The molecular weight excluding hydrogens is 1330 g/mol. The molecule has 0 saturated carbocycles. The molecule has 4 nitrogen and oxygen atoms in total. The highest BCUT2D eigenvalue weighted by Crippen LogP contribution is 2.47. The third-order valence-corrected chi connectivity index (χ3v) is 21.7. The summed E-state index contributed by atoms with van der Waals surface area (Å²) in [5.41, 5.74) is 26.5. The van der Waals surface area contributed by atoms with Gasteiger partial charge in [0.25, 0.3) is 0 Å². The van der Waals surface area contributed by atoms with Gasteiger partial charge in [-0.25, -0.2) is 0 Å². The minimum Gasteiger partial charge on any atom is -0.455 e. The van der Waals surface area contributed by atoms with Crippen LogP contribution in [0.1, 0.15) is 0 Å². The number of hydrogen-bond acceptors (Lipinski definition) is 4. The number of fused-ring (bicyclic) bond motifs is 14. The second-order valence-corrected chi connectivity index (χ2v) is 28.2. The molecule has 0 aliphatic rings. The van der Waals surface area contributed by atoms with Gasteiger partial charge in [-0.15, -0.1) is 0 Å². The van der Waals surface area contributed by atoms with Gasteiger partial charge in [-0.1, -0.05) is 340 Å². The first kappa shape index (κ1) is 65.0. The first-order valence-corrected chi connectivity index (χ1v) is 37.6. The van der Waals surface area contributed by atoms with Crippen molar-refractivity contribution in [3.63, 3.8) is 0 Å². The van der Waals surface area contributed by atoms with Gasteiger partial charge in [0.05, 0.1) is 0 Å². The minimum atomic E-state index is 0.900. The molecule has 0 radical (unpaired) electrons. The molecule has 21 aromatic rings.